The third-order valence-corrected chi connectivity index (χ3v) is 2.76. The van der Waals surface area contributed by atoms with Gasteiger partial charge in [0.2, 0.25) is 0 Å². The molecule has 0 spiro atoms. The van der Waals surface area contributed by atoms with Crippen LogP contribution < -0.4 is 10.1 Å². The van der Waals surface area contributed by atoms with Gasteiger partial charge in [0.05, 0.1) is 5.69 Å². The molecule has 4 nitrogen and oxygen atoms in total. The Labute approximate surface area is 123 Å². The molecule has 0 fully saturated rings. The highest BCUT2D eigenvalue weighted by Crippen LogP contribution is 2.27. The van der Waals surface area contributed by atoms with Crippen molar-refractivity contribution in [2.75, 3.05) is 5.32 Å². The predicted octanol–water partition coefficient (Wildman–Crippen LogP) is 3.90. The number of ether oxygens (including phenoxy) is 1. The van der Waals surface area contributed by atoms with Crippen LogP contribution in [0, 0.1) is 0 Å². The van der Waals surface area contributed by atoms with Gasteiger partial charge in [0, 0.05) is 10.6 Å². The molecule has 1 amide bonds. The Morgan fingerprint density at radius 3 is 2.71 bits per heavy atom. The second kappa shape index (κ2) is 6.41. The van der Waals surface area contributed by atoms with Gasteiger partial charge in [-0.15, -0.1) is 0 Å². The van der Waals surface area contributed by atoms with Crippen LogP contribution in [0.15, 0.2) is 42.5 Å². The van der Waals surface area contributed by atoms with Crippen LogP contribution in [0.25, 0.3) is 0 Å². The van der Waals surface area contributed by atoms with Crippen molar-refractivity contribution in [1.82, 2.24) is 0 Å². The van der Waals surface area contributed by atoms with Gasteiger partial charge in [0.25, 0.3) is 5.91 Å². The summed E-state index contributed by atoms with van der Waals surface area (Å²) < 4.78 is 28.5. The van der Waals surface area contributed by atoms with E-state index < -0.39 is 12.5 Å². The fourth-order valence-corrected chi connectivity index (χ4v) is 1.79. The molecule has 0 unspecified atom stereocenters. The second-order valence-corrected chi connectivity index (χ2v) is 4.46. The first kappa shape index (κ1) is 15.1. The Morgan fingerprint density at radius 2 is 2.00 bits per heavy atom. The van der Waals surface area contributed by atoms with Crippen LogP contribution in [0.2, 0.25) is 5.02 Å². The van der Waals surface area contributed by atoms with Crippen molar-refractivity contribution in [2.45, 2.75) is 6.61 Å². The first-order valence-electron chi connectivity index (χ1n) is 5.80. The number of hydrogen-bond acceptors (Lipinski definition) is 3. The predicted molar refractivity (Wildman–Crippen MR) is 74.1 cm³/mol. The van der Waals surface area contributed by atoms with Gasteiger partial charge in [-0.2, -0.15) is 8.78 Å². The van der Waals surface area contributed by atoms with Gasteiger partial charge in [-0.05, 0) is 36.4 Å². The van der Waals surface area contributed by atoms with Crippen molar-refractivity contribution < 1.29 is 23.4 Å². The lowest BCUT2D eigenvalue weighted by Gasteiger charge is -2.09. The van der Waals surface area contributed by atoms with Gasteiger partial charge in [-0.25, -0.2) is 0 Å². The highest BCUT2D eigenvalue weighted by Gasteiger charge is 2.11. The molecule has 21 heavy (non-hydrogen) atoms. The zero-order valence-electron chi connectivity index (χ0n) is 10.5. The van der Waals surface area contributed by atoms with E-state index >= 15 is 0 Å². The van der Waals surface area contributed by atoms with E-state index in [0.717, 1.165) is 0 Å². The summed E-state index contributed by atoms with van der Waals surface area (Å²) in [6.07, 6.45) is 0. The molecule has 2 rings (SSSR count). The van der Waals surface area contributed by atoms with Gasteiger partial charge >= 0.3 is 6.61 Å². The Balaban J connectivity index is 2.18. The number of anilines is 1. The van der Waals surface area contributed by atoms with E-state index in [2.05, 4.69) is 10.1 Å². The van der Waals surface area contributed by atoms with Crippen LogP contribution in [-0.2, 0) is 0 Å². The zero-order valence-corrected chi connectivity index (χ0v) is 11.3. The third-order valence-electron chi connectivity index (χ3n) is 2.53. The highest BCUT2D eigenvalue weighted by molar-refractivity contribution is 6.31. The fourth-order valence-electron chi connectivity index (χ4n) is 1.62. The van der Waals surface area contributed by atoms with Gasteiger partial charge in [0.1, 0.15) is 11.5 Å². The maximum Gasteiger partial charge on any atom is 0.387 e. The number of alkyl halides is 2. The third kappa shape index (κ3) is 4.06. The van der Waals surface area contributed by atoms with Crippen molar-refractivity contribution in [3.8, 4) is 11.5 Å². The number of halogens is 3. The lowest BCUT2D eigenvalue weighted by molar-refractivity contribution is -0.0498. The topological polar surface area (TPSA) is 58.6 Å². The molecule has 0 saturated carbocycles. The van der Waals surface area contributed by atoms with Crippen LogP contribution in [0.4, 0.5) is 14.5 Å². The molecule has 110 valence electrons. The maximum absolute atomic E-state index is 12.1. The van der Waals surface area contributed by atoms with Gasteiger partial charge in [-0.1, -0.05) is 17.7 Å². The first-order valence-corrected chi connectivity index (χ1v) is 6.18. The van der Waals surface area contributed by atoms with E-state index in [9.17, 15) is 18.7 Å². The number of nitrogens with one attached hydrogen (secondary N) is 1. The highest BCUT2D eigenvalue weighted by atomic mass is 35.5. The Morgan fingerprint density at radius 1 is 1.24 bits per heavy atom. The number of carbonyl (C=O) groups excluding carboxylic acids is 1. The Kier molecular flexibility index (Phi) is 4.59. The summed E-state index contributed by atoms with van der Waals surface area (Å²) in [6, 6.07) is 9.47. The monoisotopic (exact) mass is 313 g/mol. The quantitative estimate of drug-likeness (QED) is 0.842. The molecule has 0 aliphatic rings. The van der Waals surface area contributed by atoms with Crippen LogP contribution >= 0.6 is 11.6 Å². The molecule has 0 bridgehead atoms. The molecule has 0 saturated heterocycles. The summed E-state index contributed by atoms with van der Waals surface area (Å²) in [4.78, 5) is 12.0. The van der Waals surface area contributed by atoms with Crippen molar-refractivity contribution in [1.29, 1.82) is 0 Å². The van der Waals surface area contributed by atoms with Crippen molar-refractivity contribution >= 4 is 23.2 Å². The molecule has 0 atom stereocenters. The summed E-state index contributed by atoms with van der Waals surface area (Å²) in [5.74, 6) is -0.881. The smallest absolute Gasteiger partial charge is 0.387 e. The minimum Gasteiger partial charge on any atom is -0.506 e. The lowest BCUT2D eigenvalue weighted by Crippen LogP contribution is -2.12. The largest absolute Gasteiger partial charge is 0.506 e. The van der Waals surface area contributed by atoms with E-state index in [1.54, 1.807) is 0 Å². The van der Waals surface area contributed by atoms with Crippen LogP contribution in [0.1, 0.15) is 10.4 Å². The van der Waals surface area contributed by atoms with Crippen LogP contribution in [0.5, 0.6) is 11.5 Å². The van der Waals surface area contributed by atoms with E-state index in [1.165, 1.54) is 42.5 Å². The SMILES string of the molecule is O=C(Nc1cc(Cl)ccc1O)c1cccc(OC(F)F)c1. The van der Waals surface area contributed by atoms with Gasteiger partial charge in [0.15, 0.2) is 0 Å². The van der Waals surface area contributed by atoms with Crippen molar-refractivity contribution in [3.05, 3.63) is 53.1 Å². The number of amides is 1. The number of aromatic hydroxyl groups is 1. The number of benzene rings is 2. The molecule has 2 N–H and O–H groups in total. The number of rotatable bonds is 4. The average molecular weight is 314 g/mol. The molecule has 0 aliphatic heterocycles. The van der Waals surface area contributed by atoms with E-state index in [4.69, 9.17) is 11.6 Å². The molecule has 0 aliphatic carbocycles. The minimum absolute atomic E-state index is 0.104. The number of phenolic OH excluding ortho intramolecular Hbond substituents is 1. The normalized spacial score (nSPS) is 10.5. The standard InChI is InChI=1S/C14H10ClF2NO3/c15-9-4-5-12(19)11(7-9)18-13(20)8-2-1-3-10(6-8)21-14(16)17/h1-7,14,19H,(H,18,20). The molecule has 0 aromatic heterocycles. The van der Waals surface area contributed by atoms with Crippen molar-refractivity contribution in [2.24, 2.45) is 0 Å². The molecule has 2 aromatic carbocycles. The molecule has 7 heteroatoms. The van der Waals surface area contributed by atoms with Crippen molar-refractivity contribution in [3.63, 3.8) is 0 Å². The van der Waals surface area contributed by atoms with Gasteiger partial charge < -0.3 is 15.2 Å². The minimum atomic E-state index is -2.97. The molecular weight excluding hydrogens is 304 g/mol. The van der Waals surface area contributed by atoms with Gasteiger partial charge in [-0.3, -0.25) is 4.79 Å². The zero-order chi connectivity index (χ0) is 15.4. The van der Waals surface area contributed by atoms with E-state index in [1.807, 2.05) is 0 Å². The average Bonchev–Trinajstić information content (AvgIpc) is 2.42. The number of carbonyl (C=O) groups is 1. The molecular formula is C14H10ClF2NO3. The molecule has 0 radical (unpaired) electrons. The molecule has 2 aromatic rings. The Bertz CT molecular complexity index is 664. The van der Waals surface area contributed by atoms with Crippen LogP contribution in [0.3, 0.4) is 0 Å². The van der Waals surface area contributed by atoms with E-state index in [-0.39, 0.29) is 22.7 Å². The molecule has 0 heterocycles. The Hall–Kier alpha value is -2.34. The fraction of sp³-hybridized carbons (Fsp3) is 0.0714. The summed E-state index contributed by atoms with van der Waals surface area (Å²) in [7, 11) is 0. The van der Waals surface area contributed by atoms with Crippen LogP contribution in [-0.4, -0.2) is 17.6 Å². The summed E-state index contributed by atoms with van der Waals surface area (Å²) in [5.41, 5.74) is 0.222. The van der Waals surface area contributed by atoms with E-state index in [0.29, 0.717) is 5.02 Å². The number of phenols is 1. The number of hydrogen-bond donors (Lipinski definition) is 2. The first-order chi connectivity index (χ1) is 9.95. The second-order valence-electron chi connectivity index (χ2n) is 4.02. The summed E-state index contributed by atoms with van der Waals surface area (Å²) in [5, 5.41) is 12.4. The summed E-state index contributed by atoms with van der Waals surface area (Å²) >= 11 is 5.76. The maximum atomic E-state index is 12.1. The lowest BCUT2D eigenvalue weighted by atomic mass is 10.2. The summed E-state index contributed by atoms with van der Waals surface area (Å²) in [6.45, 7) is -2.97.